The monoisotopic (exact) mass is 1750 g/mol. The van der Waals surface area contributed by atoms with Gasteiger partial charge in [-0.15, -0.1) is 0 Å². The Kier molecular flexibility index (Phi) is 31.5. The molecule has 600 valence electrons. The molecule has 8 aromatic carbocycles. The number of aliphatic hydroxyl groups is 1. The first-order valence-corrected chi connectivity index (χ1v) is 40.1. The Morgan fingerprint density at radius 2 is 0.921 bits per heavy atom. The number of nitrogens with one attached hydrogen (secondary N) is 1. The van der Waals surface area contributed by atoms with Crippen molar-refractivity contribution in [2.24, 2.45) is 17.6 Å². The Morgan fingerprint density at radius 1 is 0.518 bits per heavy atom. The highest BCUT2D eigenvalue weighted by molar-refractivity contribution is 9.11. The topological polar surface area (TPSA) is 273 Å². The van der Waals surface area contributed by atoms with Gasteiger partial charge in [0, 0.05) is 135 Å². The predicted molar refractivity (Wildman–Crippen MR) is 436 cm³/mol. The molecule has 0 radical (unpaired) electrons. The number of ketones is 1. The van der Waals surface area contributed by atoms with Crippen LogP contribution in [-0.4, -0.2) is 135 Å². The third-order valence-electron chi connectivity index (χ3n) is 20.2. The molecule has 5 N–H and O–H groups in total. The molecule has 0 saturated heterocycles. The number of hydrogen-bond donors (Lipinski definition) is 4. The summed E-state index contributed by atoms with van der Waals surface area (Å²) in [5.41, 5.74) is 21.7. The first-order chi connectivity index (χ1) is 54.7. The van der Waals surface area contributed by atoms with E-state index in [1.165, 1.54) is 11.6 Å². The van der Waals surface area contributed by atoms with Crippen LogP contribution in [0.15, 0.2) is 189 Å². The second-order valence-corrected chi connectivity index (χ2v) is 30.2. The summed E-state index contributed by atoms with van der Waals surface area (Å²) in [5, 5.41) is 18.2. The lowest BCUT2D eigenvalue weighted by Gasteiger charge is -2.10. The zero-order valence-electron chi connectivity index (χ0n) is 64.3. The minimum absolute atomic E-state index is 0.0191. The van der Waals surface area contributed by atoms with Gasteiger partial charge in [0.2, 0.25) is 5.91 Å². The molecule has 2 aliphatic carbocycles. The summed E-state index contributed by atoms with van der Waals surface area (Å²) in [6, 6.07) is 54.2. The summed E-state index contributed by atoms with van der Waals surface area (Å²) < 4.78 is 49.8. The molecule has 0 bridgehead atoms. The molecular formula is C88H92Br3F3N6O14. The highest BCUT2D eigenvalue weighted by atomic mass is 79.9. The van der Waals surface area contributed by atoms with Crippen LogP contribution < -0.4 is 11.2 Å². The van der Waals surface area contributed by atoms with Crippen LogP contribution >= 0.6 is 47.8 Å². The fourth-order valence-corrected chi connectivity index (χ4v) is 15.7. The van der Waals surface area contributed by atoms with E-state index in [0.29, 0.717) is 82.2 Å². The van der Waals surface area contributed by atoms with Gasteiger partial charge in [-0.3, -0.25) is 38.8 Å². The maximum absolute atomic E-state index is 12.5. The summed E-state index contributed by atoms with van der Waals surface area (Å²) in [7, 11) is 0. The Morgan fingerprint density at radius 3 is 1.37 bits per heavy atom. The van der Waals surface area contributed by atoms with E-state index >= 15 is 0 Å². The molecule has 5 amide bonds. The van der Waals surface area contributed by atoms with Crippen molar-refractivity contribution in [2.75, 3.05) is 45.9 Å². The van der Waals surface area contributed by atoms with Gasteiger partial charge in [-0.2, -0.15) is 13.2 Å². The molecule has 8 aromatic rings. The van der Waals surface area contributed by atoms with E-state index in [4.69, 9.17) is 24.5 Å². The van der Waals surface area contributed by atoms with E-state index in [1.807, 2.05) is 190 Å². The van der Waals surface area contributed by atoms with E-state index in [9.17, 15) is 56.3 Å². The Labute approximate surface area is 686 Å². The number of cyclic esters (lactones) is 1. The number of nitrogens with two attached hydrogens (primary N) is 1. The zero-order valence-corrected chi connectivity index (χ0v) is 69.1. The van der Waals surface area contributed by atoms with Crippen molar-refractivity contribution in [3.8, 4) is 0 Å². The van der Waals surface area contributed by atoms with Gasteiger partial charge in [-0.1, -0.05) is 146 Å². The van der Waals surface area contributed by atoms with Crippen molar-refractivity contribution in [1.82, 2.24) is 25.1 Å². The number of amides is 5. The second kappa shape index (κ2) is 40.9. The minimum Gasteiger partial charge on any atom is -0.466 e. The molecule has 2 fully saturated rings. The van der Waals surface area contributed by atoms with Crippen molar-refractivity contribution in [3.63, 3.8) is 0 Å². The third kappa shape index (κ3) is 21.9. The number of hydrogen-bond acceptors (Lipinski definition) is 15. The maximum atomic E-state index is 12.5. The predicted octanol–water partition coefficient (Wildman–Crippen LogP) is 16.6. The lowest BCUT2D eigenvalue weighted by Crippen LogP contribution is -2.22. The molecule has 114 heavy (non-hydrogen) atoms. The fraction of sp³-hybridized carbons (Fsp3) is 0.330. The van der Waals surface area contributed by atoms with E-state index in [-0.39, 0.29) is 95.3 Å². The SMILES string of the molecule is CCCC(=O)c1ccc(Br)cc1CO.CCN1Cc2cc(Br)ccc2C1=O.CCN1Cc2cc([C@H]3[C@H](C(=O)NO)[C@@H]3c3ccccc3)ccc2C1=O.CCOC(=O)/C=C/c1ccc2c(c1)CN(CC)C2=O.CCOC(=O)[C@@H]1[C@H](c2ccccc2)[C@H]1c1ccc2c(c1)CN(CC)C2=O.NCC(F)(F)F.O=C1OCc2cc(Br)ccc21. The third-order valence-corrected chi connectivity index (χ3v) is 21.7. The number of Topliss-reactive ketones (excluding diaryl/α,β-unsaturated/α-hetero) is 1. The molecule has 7 aliphatic rings. The first-order valence-electron chi connectivity index (χ1n) is 37.7. The van der Waals surface area contributed by atoms with Crippen LogP contribution in [0.5, 0.6) is 0 Å². The van der Waals surface area contributed by atoms with Gasteiger partial charge in [0.15, 0.2) is 5.78 Å². The maximum Gasteiger partial charge on any atom is 0.400 e. The number of hydroxylamine groups is 1. The molecule has 15 rings (SSSR count). The first kappa shape index (κ1) is 88.0. The number of halogens is 6. The van der Waals surface area contributed by atoms with Crippen LogP contribution in [0.2, 0.25) is 0 Å². The van der Waals surface area contributed by atoms with E-state index in [2.05, 4.69) is 71.7 Å². The van der Waals surface area contributed by atoms with Crippen molar-refractivity contribution >= 4 is 107 Å². The van der Waals surface area contributed by atoms with Gasteiger partial charge >= 0.3 is 24.1 Å². The van der Waals surface area contributed by atoms with Crippen molar-refractivity contribution in [1.29, 1.82) is 0 Å². The summed E-state index contributed by atoms with van der Waals surface area (Å²) in [4.78, 5) is 114. The molecule has 6 atom stereocenters. The summed E-state index contributed by atoms with van der Waals surface area (Å²) in [6.07, 6.45) is 0.297. The van der Waals surface area contributed by atoms with E-state index in [0.717, 1.165) is 105 Å². The Bertz CT molecular complexity index is 4860. The molecule has 2 saturated carbocycles. The smallest absolute Gasteiger partial charge is 0.400 e. The van der Waals surface area contributed by atoms with Gasteiger partial charge < -0.3 is 44.7 Å². The lowest BCUT2D eigenvalue weighted by atomic mass is 10.0. The van der Waals surface area contributed by atoms with Gasteiger partial charge in [0.05, 0.1) is 43.8 Å². The largest absolute Gasteiger partial charge is 0.466 e. The number of aliphatic hydroxyl groups excluding tert-OH is 1. The minimum atomic E-state index is -4.18. The number of fused-ring (bicyclic) bond motifs is 5. The average molecular weight is 1750 g/mol. The van der Waals surface area contributed by atoms with Crippen LogP contribution in [0.3, 0.4) is 0 Å². The number of nitrogens with zero attached hydrogens (tertiary/aromatic N) is 4. The summed E-state index contributed by atoms with van der Waals surface area (Å²) in [5.74, 6) is -0.635. The number of carbonyl (C=O) groups is 9. The average Bonchev–Trinajstić information content (AvgIpc) is 1.57. The van der Waals surface area contributed by atoms with Crippen LogP contribution in [0, 0.1) is 11.8 Å². The normalized spacial score (nSPS) is 18.0. The highest BCUT2D eigenvalue weighted by Crippen LogP contribution is 2.62. The molecule has 5 heterocycles. The number of ether oxygens (including phenoxy) is 3. The van der Waals surface area contributed by atoms with Crippen LogP contribution in [0.1, 0.15) is 208 Å². The Balaban J connectivity index is 0.000000158. The number of alkyl halides is 3. The number of esters is 3. The fourth-order valence-electron chi connectivity index (χ4n) is 14.4. The lowest BCUT2D eigenvalue weighted by molar-refractivity contribution is -0.145. The van der Waals surface area contributed by atoms with Crippen molar-refractivity contribution in [2.45, 2.75) is 131 Å². The number of benzene rings is 8. The van der Waals surface area contributed by atoms with Gasteiger partial charge in [0.25, 0.3) is 23.6 Å². The van der Waals surface area contributed by atoms with Gasteiger partial charge in [0.1, 0.15) is 6.61 Å². The van der Waals surface area contributed by atoms with Crippen LogP contribution in [-0.2, 0) is 68.0 Å². The van der Waals surface area contributed by atoms with Crippen molar-refractivity contribution < 1.29 is 80.8 Å². The molecule has 26 heteroatoms. The molecule has 0 aromatic heterocycles. The van der Waals surface area contributed by atoms with E-state index < -0.39 is 12.7 Å². The molecule has 5 aliphatic heterocycles. The number of rotatable bonds is 18. The molecule has 0 spiro atoms. The summed E-state index contributed by atoms with van der Waals surface area (Å²) in [6.45, 7) is 18.9. The quantitative estimate of drug-likeness (QED) is 0.0155. The Hall–Kier alpha value is -9.96. The highest BCUT2D eigenvalue weighted by Gasteiger charge is 2.58. The van der Waals surface area contributed by atoms with Crippen molar-refractivity contribution in [3.05, 3.63) is 284 Å². The van der Waals surface area contributed by atoms with Gasteiger partial charge in [-0.25, -0.2) is 15.1 Å². The second-order valence-electron chi connectivity index (χ2n) is 27.4. The number of carbonyl (C=O) groups excluding carboxylic acids is 9. The van der Waals surface area contributed by atoms with Gasteiger partial charge in [-0.05, 0) is 189 Å². The van der Waals surface area contributed by atoms with Crippen LogP contribution in [0.4, 0.5) is 13.2 Å². The summed E-state index contributed by atoms with van der Waals surface area (Å²) >= 11 is 10.0. The van der Waals surface area contributed by atoms with Crippen LogP contribution in [0.25, 0.3) is 6.08 Å². The molecule has 0 unspecified atom stereocenters. The zero-order chi connectivity index (χ0) is 82.7. The standard InChI is InChI=1S/C22H23NO3.C20H20N2O3.C15H17NO3.C11H13BrO2.C10H10BrNO.C8H5BrO2.C2H4F3N/c1-3-23-13-16-12-15(10-11-17(16)21(23)24)19-18(14-8-6-5-7-9-14)20(19)22(25)26-4-2;1-2-22-11-14-10-13(8-9-15(14)20(22)24)17-16(18(17)19(23)21-25)12-6-4-3-5-7-12;1-3-16-10-12-9-11(5-7-13(12)15(16)18)6-8-14(17)19-4-2;1-2-3-11(14)10-5-4-9(12)6-8(10)7-13;1-2-12-6-7-5-8(11)3-4-9(7)10(12)13;9-6-1-2-7-5(3-6)4-11-8(7)10;3-2(4,5)1-6/h5-12,18-20H,3-4,13H2,1-2H3;3-10,16-18,25H,2,11H2,1H3,(H,21,23);5-9H,3-4,10H2,1-2H3;4-6,13H,2-3,7H2,1H3;3-5H,2,6H2,1H3;1-3H,4H2;1,6H2/b;;8-6+;;;;/t18-,19-,20-;16-,17-,18-;;;;;/m11...../s1. The molecular weight excluding hydrogens is 1660 g/mol. The van der Waals surface area contributed by atoms with E-state index in [1.54, 1.807) is 41.6 Å². The molecule has 20 nitrogen and oxygen atoms in total.